The Morgan fingerprint density at radius 1 is 0.636 bits per heavy atom. The average Bonchev–Trinajstić information content (AvgIpc) is 3.79. The zero-order valence-corrected chi connectivity index (χ0v) is 39.0. The van der Waals surface area contributed by atoms with Crippen LogP contribution in [0.3, 0.4) is 0 Å². The lowest BCUT2D eigenvalue weighted by atomic mass is 10.0. The lowest BCUT2D eigenvalue weighted by Gasteiger charge is -2.28. The van der Waals surface area contributed by atoms with Gasteiger partial charge in [-0.05, 0) is 78.9 Å². The second kappa shape index (κ2) is 28.0. The van der Waals surface area contributed by atoms with Crippen molar-refractivity contribution in [3.8, 4) is 5.75 Å². The van der Waals surface area contributed by atoms with Gasteiger partial charge in [-0.25, -0.2) is 4.98 Å². The van der Waals surface area contributed by atoms with E-state index in [1.165, 1.54) is 48.2 Å². The number of carbonyl (C=O) groups is 8. The molecular formula is C44H62N10O10S2. The zero-order chi connectivity index (χ0) is 48.8. The van der Waals surface area contributed by atoms with Gasteiger partial charge in [0.05, 0.1) is 18.8 Å². The molecule has 1 heterocycles. The van der Waals surface area contributed by atoms with Crippen LogP contribution in [0.25, 0.3) is 0 Å². The second-order valence-corrected chi connectivity index (χ2v) is 18.0. The Kier molecular flexibility index (Phi) is 23.0. The van der Waals surface area contributed by atoms with Crippen molar-refractivity contribution in [1.82, 2.24) is 41.9 Å². The van der Waals surface area contributed by atoms with Gasteiger partial charge in [-0.15, -0.1) is 0 Å². The van der Waals surface area contributed by atoms with Gasteiger partial charge in [0.2, 0.25) is 41.4 Å². The minimum atomic E-state index is -1.54. The number of imidazole rings is 1. The standard InChI is InChI=1S/C44H62N10O10S2/c1-25(2)18-34(42(62)50-32(15-17-66-4)40(60)51-33(38(46)58)22-37(56)57)52-44(64)36(21-28-23-47-24-48-28)54-43(63)35(20-26-8-6-5-7-9-26)53-41(61)31(14-16-65-3)49-39(59)30(45)19-27-10-12-29(55)13-11-27/h5-13,23-25,30-36,55H,14-22,45H2,1-4H3,(H2,46,58)(H,47,48)(H,49,59)(H,50,62)(H,51,60)(H,52,64)(H,53,61)(H,54,63)(H,56,57)/t30-,31+,32-,33-,34+,35-,36-/m0/s1. The Labute approximate surface area is 392 Å². The van der Waals surface area contributed by atoms with Crippen LogP contribution < -0.4 is 43.4 Å². The molecular weight excluding hydrogens is 893 g/mol. The Balaban J connectivity index is 1.89. The number of aliphatic carboxylic acids is 1. The van der Waals surface area contributed by atoms with E-state index in [4.69, 9.17) is 11.5 Å². The van der Waals surface area contributed by atoms with Crippen molar-refractivity contribution in [2.24, 2.45) is 17.4 Å². The third-order valence-electron chi connectivity index (χ3n) is 10.1. The van der Waals surface area contributed by atoms with E-state index in [1.807, 2.05) is 20.1 Å². The largest absolute Gasteiger partial charge is 0.508 e. The van der Waals surface area contributed by atoms with E-state index in [1.54, 1.807) is 48.7 Å². The predicted molar refractivity (Wildman–Crippen MR) is 251 cm³/mol. The molecule has 3 rings (SSSR count). The van der Waals surface area contributed by atoms with Crippen LogP contribution in [0.1, 0.15) is 56.4 Å². The van der Waals surface area contributed by atoms with E-state index in [0.717, 1.165) is 0 Å². The molecule has 22 heteroatoms. The highest BCUT2D eigenvalue weighted by molar-refractivity contribution is 7.98. The molecule has 360 valence electrons. The number of phenols is 1. The first-order valence-corrected chi connectivity index (χ1v) is 24.0. The maximum Gasteiger partial charge on any atom is 0.305 e. The molecule has 0 bridgehead atoms. The zero-order valence-electron chi connectivity index (χ0n) is 37.4. The highest BCUT2D eigenvalue weighted by atomic mass is 32.2. The topological polar surface area (TPSA) is 330 Å². The van der Waals surface area contributed by atoms with Gasteiger partial charge in [0.1, 0.15) is 42.0 Å². The summed E-state index contributed by atoms with van der Waals surface area (Å²) < 4.78 is 0. The third kappa shape index (κ3) is 19.1. The number of aromatic amines is 1. The molecule has 3 aromatic rings. The summed E-state index contributed by atoms with van der Waals surface area (Å²) in [5, 5.41) is 34.8. The number of hydrogen-bond acceptors (Lipinski definition) is 13. The van der Waals surface area contributed by atoms with E-state index < -0.39 is 96.0 Å². The molecule has 0 radical (unpaired) electrons. The lowest BCUT2D eigenvalue weighted by Crippen LogP contribution is -2.60. The summed E-state index contributed by atoms with van der Waals surface area (Å²) in [6.07, 6.45) is 6.05. The number of aromatic hydroxyl groups is 1. The first-order valence-electron chi connectivity index (χ1n) is 21.3. The molecule has 0 aliphatic heterocycles. The van der Waals surface area contributed by atoms with Crippen molar-refractivity contribution < 1.29 is 48.6 Å². The van der Waals surface area contributed by atoms with Gasteiger partial charge in [0, 0.05) is 24.7 Å². The fraction of sp³-hybridized carbons (Fsp3) is 0.477. The molecule has 66 heavy (non-hydrogen) atoms. The summed E-state index contributed by atoms with van der Waals surface area (Å²) in [5.74, 6) is -6.11. The number of amides is 7. The van der Waals surface area contributed by atoms with E-state index in [2.05, 4.69) is 41.9 Å². The van der Waals surface area contributed by atoms with Gasteiger partial charge in [-0.2, -0.15) is 23.5 Å². The van der Waals surface area contributed by atoms with Crippen molar-refractivity contribution in [2.45, 2.75) is 101 Å². The molecule has 2 aromatic carbocycles. The number of nitrogens with one attached hydrogen (secondary N) is 7. The minimum absolute atomic E-state index is 0.0126. The summed E-state index contributed by atoms with van der Waals surface area (Å²) in [6, 6.07) is 6.28. The van der Waals surface area contributed by atoms with Gasteiger partial charge in [0.25, 0.3) is 0 Å². The Morgan fingerprint density at radius 2 is 1.11 bits per heavy atom. The predicted octanol–water partition coefficient (Wildman–Crippen LogP) is -0.108. The Hall–Kier alpha value is -6.13. The van der Waals surface area contributed by atoms with Gasteiger partial charge < -0.3 is 58.6 Å². The minimum Gasteiger partial charge on any atom is -0.508 e. The second-order valence-electron chi connectivity index (χ2n) is 16.0. The van der Waals surface area contributed by atoms with Gasteiger partial charge >= 0.3 is 5.97 Å². The molecule has 0 aliphatic rings. The molecule has 0 spiro atoms. The number of hydrogen-bond donors (Lipinski definition) is 11. The number of carboxylic acids is 1. The number of carboxylic acid groups (broad SMARTS) is 1. The normalized spacial score (nSPS) is 14.3. The quantitative estimate of drug-likeness (QED) is 0.0433. The first-order chi connectivity index (χ1) is 31.4. The summed E-state index contributed by atoms with van der Waals surface area (Å²) in [4.78, 5) is 114. The number of aromatic nitrogens is 2. The molecule has 20 nitrogen and oxygen atoms in total. The molecule has 0 unspecified atom stereocenters. The highest BCUT2D eigenvalue weighted by Crippen LogP contribution is 2.13. The maximum atomic E-state index is 14.4. The van der Waals surface area contributed by atoms with Crippen molar-refractivity contribution in [3.63, 3.8) is 0 Å². The summed E-state index contributed by atoms with van der Waals surface area (Å²) >= 11 is 2.82. The van der Waals surface area contributed by atoms with Crippen molar-refractivity contribution >= 4 is 70.8 Å². The maximum absolute atomic E-state index is 14.4. The highest BCUT2D eigenvalue weighted by Gasteiger charge is 2.34. The number of nitrogens with two attached hydrogens (primary N) is 2. The van der Waals surface area contributed by atoms with E-state index in [-0.39, 0.29) is 50.2 Å². The Bertz CT molecular complexity index is 2060. The number of rotatable bonds is 29. The molecule has 0 aliphatic carbocycles. The van der Waals surface area contributed by atoms with Gasteiger partial charge in [-0.1, -0.05) is 56.3 Å². The molecule has 7 atom stereocenters. The van der Waals surface area contributed by atoms with Crippen molar-refractivity contribution in [3.05, 3.63) is 83.9 Å². The van der Waals surface area contributed by atoms with E-state index in [0.29, 0.717) is 28.3 Å². The Morgan fingerprint density at radius 3 is 1.61 bits per heavy atom. The van der Waals surface area contributed by atoms with Gasteiger partial charge in [0.15, 0.2) is 0 Å². The number of thioether (sulfide) groups is 2. The molecule has 1 aromatic heterocycles. The SMILES string of the molecule is CSCC[C@H](NC(=O)[C@@H](CC(C)C)NC(=O)[C@H](Cc1cnc[nH]1)NC(=O)[C@H](Cc1ccccc1)NC(=O)[C@@H](CCSC)NC(=O)[C@@H](N)Cc1ccc(O)cc1)C(=O)N[C@@H](CC(=O)O)C(N)=O. The summed E-state index contributed by atoms with van der Waals surface area (Å²) in [5.41, 5.74) is 13.4. The molecule has 0 saturated heterocycles. The van der Waals surface area contributed by atoms with Crippen LogP contribution in [0, 0.1) is 5.92 Å². The van der Waals surface area contributed by atoms with E-state index in [9.17, 15) is 48.6 Å². The first kappa shape index (κ1) is 54.2. The number of H-pyrrole nitrogens is 1. The van der Waals surface area contributed by atoms with Gasteiger partial charge in [-0.3, -0.25) is 38.4 Å². The number of phenolic OH excluding ortho intramolecular Hbond substituents is 1. The van der Waals surface area contributed by atoms with E-state index >= 15 is 0 Å². The van der Waals surface area contributed by atoms with Crippen LogP contribution in [0.15, 0.2) is 67.1 Å². The lowest BCUT2D eigenvalue weighted by molar-refractivity contribution is -0.140. The summed E-state index contributed by atoms with van der Waals surface area (Å²) in [6.45, 7) is 3.62. The monoisotopic (exact) mass is 954 g/mol. The fourth-order valence-corrected chi connectivity index (χ4v) is 7.56. The molecule has 0 saturated carbocycles. The number of nitrogens with zero attached hydrogens (tertiary/aromatic N) is 1. The van der Waals surface area contributed by atoms with Crippen LogP contribution in [-0.2, 0) is 57.6 Å². The molecule has 0 fully saturated rings. The van der Waals surface area contributed by atoms with Crippen LogP contribution >= 0.6 is 23.5 Å². The smallest absolute Gasteiger partial charge is 0.305 e. The number of primary amides is 1. The summed E-state index contributed by atoms with van der Waals surface area (Å²) in [7, 11) is 0. The van der Waals surface area contributed by atoms with Crippen LogP contribution in [0.5, 0.6) is 5.75 Å². The third-order valence-corrected chi connectivity index (χ3v) is 11.4. The van der Waals surface area contributed by atoms with Crippen LogP contribution in [0.2, 0.25) is 0 Å². The van der Waals surface area contributed by atoms with Crippen molar-refractivity contribution in [1.29, 1.82) is 0 Å². The van der Waals surface area contributed by atoms with Crippen LogP contribution in [0.4, 0.5) is 0 Å². The molecule has 13 N–H and O–H groups in total. The average molecular weight is 955 g/mol. The number of carbonyl (C=O) groups excluding carboxylic acids is 7. The van der Waals surface area contributed by atoms with Crippen molar-refractivity contribution in [2.75, 3.05) is 24.0 Å². The fourth-order valence-electron chi connectivity index (χ4n) is 6.61. The number of benzene rings is 2. The molecule has 7 amide bonds. The van der Waals surface area contributed by atoms with Crippen LogP contribution in [-0.4, -0.2) is 134 Å².